The highest BCUT2D eigenvalue weighted by Gasteiger charge is 2.09. The second-order valence-electron chi connectivity index (χ2n) is 9.53. The average molecular weight is 620 g/mol. The Morgan fingerprint density at radius 1 is 0.750 bits per heavy atom. The Balaban J connectivity index is 0.00000120. The summed E-state index contributed by atoms with van der Waals surface area (Å²) in [5, 5.41) is 16.0. The van der Waals surface area contributed by atoms with Crippen molar-refractivity contribution in [2.24, 2.45) is 0 Å². The zero-order valence-electron chi connectivity index (χ0n) is 24.9. The predicted octanol–water partition coefficient (Wildman–Crippen LogP) is 1.12. The van der Waals surface area contributed by atoms with E-state index in [1.807, 2.05) is 17.4 Å². The van der Waals surface area contributed by atoms with E-state index < -0.39 is 5.97 Å². The number of imide groups is 1. The standard InChI is InChI=1S/C26H38N2O9.C4H3NO2/c1-20(29)19-23(30)10-7-21-5-8-22(9-6-21)28-25(32)4-2-3-24(31)27-12-14-36-16-18-37-17-15-35-13-11-26(33)34;6-3-1-2-4(7)5-3/h5-6,8-9H,2-4,7,10-19H2,1H3,(H,27,31)(H,28,32)(H,33,34);1-2H,(H,5,6,7). The molecule has 0 aromatic heterocycles. The number of carboxylic acids is 1. The van der Waals surface area contributed by atoms with Crippen molar-refractivity contribution in [3.63, 3.8) is 0 Å². The van der Waals surface area contributed by atoms with Gasteiger partial charge in [-0.15, -0.1) is 0 Å². The highest BCUT2D eigenvalue weighted by molar-refractivity contribution is 6.12. The van der Waals surface area contributed by atoms with Crippen molar-refractivity contribution in [2.45, 2.75) is 51.9 Å². The number of carboxylic acid groups (broad SMARTS) is 1. The maximum absolute atomic E-state index is 12.1. The van der Waals surface area contributed by atoms with Gasteiger partial charge in [-0.2, -0.15) is 0 Å². The molecule has 14 heteroatoms. The van der Waals surface area contributed by atoms with Gasteiger partial charge in [0.25, 0.3) is 11.8 Å². The van der Waals surface area contributed by atoms with Crippen LogP contribution in [0.2, 0.25) is 0 Å². The maximum atomic E-state index is 12.1. The van der Waals surface area contributed by atoms with Crippen molar-refractivity contribution in [3.8, 4) is 0 Å². The van der Waals surface area contributed by atoms with E-state index >= 15 is 0 Å². The van der Waals surface area contributed by atoms with Gasteiger partial charge >= 0.3 is 5.97 Å². The second-order valence-corrected chi connectivity index (χ2v) is 9.53. The molecular weight excluding hydrogens is 578 g/mol. The molecule has 0 saturated carbocycles. The van der Waals surface area contributed by atoms with Crippen LogP contribution in [0.25, 0.3) is 0 Å². The molecule has 1 heterocycles. The van der Waals surface area contributed by atoms with Crippen LogP contribution in [0.4, 0.5) is 5.69 Å². The van der Waals surface area contributed by atoms with E-state index in [2.05, 4.69) is 10.6 Å². The van der Waals surface area contributed by atoms with E-state index in [4.69, 9.17) is 19.3 Å². The van der Waals surface area contributed by atoms with Crippen LogP contribution in [-0.4, -0.2) is 92.5 Å². The van der Waals surface area contributed by atoms with Gasteiger partial charge in [-0.25, -0.2) is 0 Å². The number of hydrogen-bond donors (Lipinski definition) is 4. The van der Waals surface area contributed by atoms with E-state index in [-0.39, 0.29) is 67.5 Å². The first-order valence-electron chi connectivity index (χ1n) is 14.2. The Morgan fingerprint density at radius 2 is 1.32 bits per heavy atom. The molecule has 2 rings (SSSR count). The molecule has 4 N–H and O–H groups in total. The summed E-state index contributed by atoms with van der Waals surface area (Å²) < 4.78 is 15.7. The average Bonchev–Trinajstić information content (AvgIpc) is 3.35. The molecule has 1 aliphatic rings. The fourth-order valence-electron chi connectivity index (χ4n) is 3.45. The number of benzene rings is 1. The largest absolute Gasteiger partial charge is 0.481 e. The molecule has 0 aliphatic carbocycles. The number of ether oxygens (including phenoxy) is 3. The lowest BCUT2D eigenvalue weighted by Gasteiger charge is -2.08. The number of nitrogens with one attached hydrogen (secondary N) is 3. The summed E-state index contributed by atoms with van der Waals surface area (Å²) in [7, 11) is 0. The molecule has 1 aromatic carbocycles. The first kappa shape index (κ1) is 37.8. The zero-order chi connectivity index (χ0) is 32.6. The van der Waals surface area contributed by atoms with Crippen molar-refractivity contribution in [2.75, 3.05) is 51.5 Å². The zero-order valence-corrected chi connectivity index (χ0v) is 24.9. The Bertz CT molecular complexity index is 1120. The van der Waals surface area contributed by atoms with Gasteiger partial charge < -0.3 is 30.0 Å². The number of amides is 4. The van der Waals surface area contributed by atoms with Gasteiger partial charge in [0, 0.05) is 43.6 Å². The minimum absolute atomic E-state index is 0.0337. The molecule has 0 bridgehead atoms. The number of carbonyl (C=O) groups excluding carboxylic acids is 6. The summed E-state index contributed by atoms with van der Waals surface area (Å²) in [4.78, 5) is 76.9. The molecule has 1 aromatic rings. The highest BCUT2D eigenvalue weighted by Crippen LogP contribution is 2.12. The van der Waals surface area contributed by atoms with Crippen LogP contribution in [0.5, 0.6) is 0 Å². The van der Waals surface area contributed by atoms with Gasteiger partial charge in [0.15, 0.2) is 0 Å². The van der Waals surface area contributed by atoms with Gasteiger partial charge in [-0.3, -0.25) is 38.9 Å². The smallest absolute Gasteiger partial charge is 0.305 e. The molecule has 14 nitrogen and oxygen atoms in total. The molecule has 0 radical (unpaired) electrons. The van der Waals surface area contributed by atoms with E-state index in [0.717, 1.165) is 5.56 Å². The lowest BCUT2D eigenvalue weighted by molar-refractivity contribution is -0.138. The van der Waals surface area contributed by atoms with Crippen molar-refractivity contribution >= 4 is 46.9 Å². The maximum Gasteiger partial charge on any atom is 0.305 e. The van der Waals surface area contributed by atoms with Crippen LogP contribution in [0, 0.1) is 0 Å². The van der Waals surface area contributed by atoms with Gasteiger partial charge in [-0.05, 0) is 37.5 Å². The topological polar surface area (TPSA) is 204 Å². The Morgan fingerprint density at radius 3 is 1.86 bits per heavy atom. The fourth-order valence-corrected chi connectivity index (χ4v) is 3.45. The van der Waals surface area contributed by atoms with Crippen LogP contribution in [-0.2, 0) is 54.2 Å². The second kappa shape index (κ2) is 23.2. The number of anilines is 1. The normalized spacial score (nSPS) is 11.8. The Labute approximate surface area is 255 Å². The number of aryl methyl sites for hydroxylation is 1. The van der Waals surface area contributed by atoms with E-state index in [1.54, 1.807) is 12.1 Å². The molecular formula is C30H41N3O11. The minimum atomic E-state index is -0.902. The third-order valence-electron chi connectivity index (χ3n) is 5.59. The predicted molar refractivity (Wildman–Crippen MR) is 158 cm³/mol. The number of aliphatic carboxylic acids is 1. The minimum Gasteiger partial charge on any atom is -0.481 e. The molecule has 44 heavy (non-hydrogen) atoms. The first-order valence-corrected chi connectivity index (χ1v) is 14.2. The molecule has 1 aliphatic heterocycles. The van der Waals surface area contributed by atoms with Crippen molar-refractivity contribution in [3.05, 3.63) is 42.0 Å². The third kappa shape index (κ3) is 21.4. The van der Waals surface area contributed by atoms with E-state index in [0.29, 0.717) is 64.5 Å². The number of carbonyl (C=O) groups is 7. The summed E-state index contributed by atoms with van der Waals surface area (Å²) in [6, 6.07) is 7.18. The number of Topliss-reactive ketones (excluding diaryl/α,β-unsaturated/α-hetero) is 2. The Hall–Kier alpha value is -4.27. The number of rotatable bonds is 22. The van der Waals surface area contributed by atoms with Gasteiger partial charge in [0.2, 0.25) is 11.8 Å². The van der Waals surface area contributed by atoms with E-state index in [1.165, 1.54) is 19.1 Å². The van der Waals surface area contributed by atoms with Gasteiger partial charge in [-0.1, -0.05) is 12.1 Å². The highest BCUT2D eigenvalue weighted by atomic mass is 16.5. The molecule has 0 atom stereocenters. The monoisotopic (exact) mass is 619 g/mol. The first-order chi connectivity index (χ1) is 21.0. The van der Waals surface area contributed by atoms with Gasteiger partial charge in [0.05, 0.1) is 52.5 Å². The van der Waals surface area contributed by atoms with Gasteiger partial charge in [0.1, 0.15) is 11.6 Å². The van der Waals surface area contributed by atoms with Crippen LogP contribution in [0.3, 0.4) is 0 Å². The number of hydrogen-bond acceptors (Lipinski definition) is 10. The summed E-state index contributed by atoms with van der Waals surface area (Å²) >= 11 is 0. The quantitative estimate of drug-likeness (QED) is 0.0822. The fraction of sp³-hybridized carbons (Fsp3) is 0.500. The summed E-state index contributed by atoms with van der Waals surface area (Å²) in [5.74, 6) is -2.12. The van der Waals surface area contributed by atoms with E-state index in [9.17, 15) is 33.6 Å². The lowest BCUT2D eigenvalue weighted by atomic mass is 10.0. The molecule has 0 saturated heterocycles. The Kier molecular flexibility index (Phi) is 19.9. The molecule has 4 amide bonds. The molecule has 0 unspecified atom stereocenters. The SMILES string of the molecule is CC(=O)CC(=O)CCc1ccc(NC(=O)CCCC(=O)NCCOCCOCCOCCC(=O)O)cc1.O=C1C=CC(=O)N1. The van der Waals surface area contributed by atoms with Crippen LogP contribution in [0.15, 0.2) is 36.4 Å². The van der Waals surface area contributed by atoms with Crippen molar-refractivity contribution in [1.29, 1.82) is 0 Å². The number of ketones is 2. The van der Waals surface area contributed by atoms with Crippen molar-refractivity contribution < 1.29 is 52.9 Å². The molecule has 0 spiro atoms. The lowest BCUT2D eigenvalue weighted by Crippen LogP contribution is -2.27. The van der Waals surface area contributed by atoms with Crippen LogP contribution >= 0.6 is 0 Å². The summed E-state index contributed by atoms with van der Waals surface area (Å²) in [5.41, 5.74) is 1.59. The van der Waals surface area contributed by atoms with Crippen LogP contribution < -0.4 is 16.0 Å². The molecule has 242 valence electrons. The summed E-state index contributed by atoms with van der Waals surface area (Å²) in [6.45, 7) is 3.66. The third-order valence-corrected chi connectivity index (χ3v) is 5.59. The molecule has 0 fully saturated rings. The summed E-state index contributed by atoms with van der Waals surface area (Å²) in [6.07, 6.45) is 4.03. The van der Waals surface area contributed by atoms with Crippen LogP contribution in [0.1, 0.15) is 51.0 Å². The van der Waals surface area contributed by atoms with Crippen molar-refractivity contribution in [1.82, 2.24) is 10.6 Å².